The van der Waals surface area contributed by atoms with E-state index in [-0.39, 0.29) is 0 Å². The van der Waals surface area contributed by atoms with Crippen LogP contribution in [0.4, 0.5) is 0 Å². The van der Waals surface area contributed by atoms with Crippen LogP contribution in [0.15, 0.2) is 113 Å². The molecule has 16 heteroatoms. The molecule has 0 amide bonds. The minimum atomic E-state index is 0.611. The molecule has 58 heavy (non-hydrogen) atoms. The van der Waals surface area contributed by atoms with Crippen molar-refractivity contribution in [2.45, 2.75) is 47.3 Å². The second-order valence-electron chi connectivity index (χ2n) is 11.5. The summed E-state index contributed by atoms with van der Waals surface area (Å²) in [6.45, 7) is 8.28. The summed E-state index contributed by atoms with van der Waals surface area (Å²) >= 11 is 20.2. The molecule has 0 aliphatic heterocycles. The lowest BCUT2D eigenvalue weighted by atomic mass is 10.1. The fourth-order valence-corrected chi connectivity index (χ4v) is 9.07. The molecule has 2 aromatic heterocycles. The summed E-state index contributed by atoms with van der Waals surface area (Å²) < 4.78 is 25.2. The van der Waals surface area contributed by atoms with Gasteiger partial charge >= 0.3 is 0 Å². The molecule has 0 saturated carbocycles. The molecule has 0 radical (unpaired) electrons. The normalized spacial score (nSPS) is 10.1. The Kier molecular flexibility index (Phi) is 21.4. The second kappa shape index (κ2) is 25.1. The smallest absolute Gasteiger partial charge is 0.144 e. The van der Waals surface area contributed by atoms with Gasteiger partial charge in [0.05, 0.1) is 44.9 Å². The number of methoxy groups -OCH3 is 1. The van der Waals surface area contributed by atoms with E-state index in [0.717, 1.165) is 99.7 Å². The Morgan fingerprint density at radius 1 is 0.621 bits per heavy atom. The van der Waals surface area contributed by atoms with Crippen molar-refractivity contribution in [2.75, 3.05) is 38.7 Å². The zero-order chi connectivity index (χ0) is 42.9. The Hall–Kier alpha value is -2.80. The van der Waals surface area contributed by atoms with Gasteiger partial charge in [-0.15, -0.1) is 47.0 Å². The number of nitrogens with zero attached hydrogens (tertiary/aromatic N) is 4. The molecule has 0 unspecified atom stereocenters. The Morgan fingerprint density at radius 3 is 1.52 bits per heavy atom. The number of aryl methyl sites for hydroxylation is 2. The number of nitriles is 2. The molecule has 6 rings (SSSR count). The van der Waals surface area contributed by atoms with Crippen LogP contribution in [0.2, 0.25) is 0 Å². The van der Waals surface area contributed by atoms with Crippen LogP contribution in [0.5, 0.6) is 11.5 Å². The van der Waals surface area contributed by atoms with Gasteiger partial charge in [-0.1, -0.05) is 42.2 Å². The van der Waals surface area contributed by atoms with Gasteiger partial charge in [-0.25, -0.2) is 0 Å². The van der Waals surface area contributed by atoms with Crippen LogP contribution in [0, 0.1) is 43.4 Å². The maximum Gasteiger partial charge on any atom is 0.144 e. The maximum atomic E-state index is 8.87. The fraction of sp³-hybridized carbons (Fsp3) is 0.238. The van der Waals surface area contributed by atoms with E-state index in [1.165, 1.54) is 0 Å². The van der Waals surface area contributed by atoms with Gasteiger partial charge in [-0.3, -0.25) is 0 Å². The van der Waals surface area contributed by atoms with Crippen LogP contribution in [0.25, 0.3) is 22.5 Å². The van der Waals surface area contributed by atoms with Crippen molar-refractivity contribution in [1.82, 2.24) is 10.3 Å². The molecule has 0 bridgehead atoms. The summed E-state index contributed by atoms with van der Waals surface area (Å²) in [5.41, 5.74) is 6.07. The standard InChI is InChI=1S/C13H14BrNO2S.C12H12BrNO2S.C9H8BrNS.C8H6BrNS/c1-4-16-13-9(14)5-6-11(18-3)12(13)10-7-8(2)17-15-10;1-7-6-9(14-16-7)11-10(17-3)5-4-8(13)12(11)15-2;1-6-7(5-11)9(12-2)4-3-8(6)10;1-11-8-3-2-7(9)4-6(8)5-10/h5-7H,4H2,1-3H3;4-6H,1-3H3;3-4H,1-2H3;2-4H,1H3. The highest BCUT2D eigenvalue weighted by Gasteiger charge is 2.19. The van der Waals surface area contributed by atoms with E-state index in [4.69, 9.17) is 29.0 Å². The average Bonchev–Trinajstić information content (AvgIpc) is 3.87. The van der Waals surface area contributed by atoms with Gasteiger partial charge in [0, 0.05) is 40.7 Å². The van der Waals surface area contributed by atoms with E-state index in [2.05, 4.69) is 92.2 Å². The first kappa shape index (κ1) is 49.6. The number of halogens is 4. The fourth-order valence-electron chi connectivity index (χ4n) is 5.10. The minimum Gasteiger partial charge on any atom is -0.495 e. The third kappa shape index (κ3) is 13.4. The number of benzene rings is 4. The van der Waals surface area contributed by atoms with E-state index in [1.54, 1.807) is 54.2 Å². The second-order valence-corrected chi connectivity index (χ2v) is 18.4. The number of rotatable bonds is 9. The Morgan fingerprint density at radius 2 is 1.09 bits per heavy atom. The van der Waals surface area contributed by atoms with Crippen molar-refractivity contribution in [1.29, 1.82) is 10.5 Å². The Bertz CT molecular complexity index is 2390. The minimum absolute atomic E-state index is 0.611. The van der Waals surface area contributed by atoms with Crippen molar-refractivity contribution < 1.29 is 18.5 Å². The first-order chi connectivity index (χ1) is 27.8. The van der Waals surface area contributed by atoms with Crippen molar-refractivity contribution in [3.05, 3.63) is 113 Å². The third-order valence-corrected chi connectivity index (χ3v) is 13.6. The summed E-state index contributed by atoms with van der Waals surface area (Å²) in [5.74, 6) is 3.18. The largest absolute Gasteiger partial charge is 0.495 e. The lowest BCUT2D eigenvalue weighted by Crippen LogP contribution is -1.97. The topological polar surface area (TPSA) is 118 Å². The molecule has 0 aliphatic carbocycles. The van der Waals surface area contributed by atoms with Crippen LogP contribution in [0.1, 0.15) is 35.1 Å². The summed E-state index contributed by atoms with van der Waals surface area (Å²) in [7, 11) is 1.65. The van der Waals surface area contributed by atoms with Gasteiger partial charge < -0.3 is 18.5 Å². The molecular weight excluding hydrogens is 1070 g/mol. The Balaban J connectivity index is 0.000000211. The zero-order valence-electron chi connectivity index (χ0n) is 33.1. The Labute approximate surface area is 391 Å². The predicted octanol–water partition coefficient (Wildman–Crippen LogP) is 15.1. The zero-order valence-corrected chi connectivity index (χ0v) is 42.7. The van der Waals surface area contributed by atoms with Crippen LogP contribution < -0.4 is 9.47 Å². The van der Waals surface area contributed by atoms with E-state index in [9.17, 15) is 0 Å². The van der Waals surface area contributed by atoms with Gasteiger partial charge in [0.25, 0.3) is 0 Å². The van der Waals surface area contributed by atoms with Crippen molar-refractivity contribution in [3.8, 4) is 46.2 Å². The van der Waals surface area contributed by atoms with Crippen molar-refractivity contribution in [3.63, 3.8) is 0 Å². The molecule has 0 aliphatic rings. The van der Waals surface area contributed by atoms with E-state index >= 15 is 0 Å². The first-order valence-corrected chi connectivity index (χ1v) is 25.1. The number of hydrogen-bond acceptors (Lipinski definition) is 12. The van der Waals surface area contributed by atoms with Gasteiger partial charge in [-0.2, -0.15) is 10.5 Å². The SMILES string of the molecule is CCOc1c(Br)ccc(SC)c1-c1cc(C)on1.COc1c(Br)ccc(SC)c1-c1cc(C)on1.CSc1ccc(Br)c(C)c1C#N.CSc1ccc(Br)cc1C#N. The highest BCUT2D eigenvalue weighted by atomic mass is 79.9. The summed E-state index contributed by atoms with van der Waals surface area (Å²) in [4.78, 5) is 4.29. The summed E-state index contributed by atoms with van der Waals surface area (Å²) in [6, 6.07) is 25.9. The highest BCUT2D eigenvalue weighted by molar-refractivity contribution is 9.11. The van der Waals surface area contributed by atoms with Crippen molar-refractivity contribution >= 4 is 111 Å². The van der Waals surface area contributed by atoms with Crippen LogP contribution >= 0.6 is 111 Å². The van der Waals surface area contributed by atoms with Gasteiger partial charge in [0.2, 0.25) is 0 Å². The molecule has 0 spiro atoms. The molecule has 0 N–H and O–H groups in total. The number of thioether (sulfide) groups is 4. The maximum absolute atomic E-state index is 8.87. The van der Waals surface area contributed by atoms with Gasteiger partial charge in [0.1, 0.15) is 46.5 Å². The lowest BCUT2D eigenvalue weighted by Gasteiger charge is -2.13. The lowest BCUT2D eigenvalue weighted by molar-refractivity contribution is 0.338. The molecule has 2 heterocycles. The van der Waals surface area contributed by atoms with E-state index < -0.39 is 0 Å². The molecule has 8 nitrogen and oxygen atoms in total. The highest BCUT2D eigenvalue weighted by Crippen LogP contribution is 2.43. The number of aromatic nitrogens is 2. The van der Waals surface area contributed by atoms with Crippen LogP contribution in [-0.2, 0) is 0 Å². The van der Waals surface area contributed by atoms with Crippen LogP contribution in [0.3, 0.4) is 0 Å². The van der Waals surface area contributed by atoms with E-state index in [0.29, 0.717) is 6.61 Å². The molecule has 304 valence electrons. The van der Waals surface area contributed by atoms with Gasteiger partial charge in [0.15, 0.2) is 0 Å². The van der Waals surface area contributed by atoms with Crippen LogP contribution in [-0.4, -0.2) is 49.1 Å². The average molecular weight is 1110 g/mol. The number of ether oxygens (including phenoxy) is 2. The van der Waals surface area contributed by atoms with E-state index in [1.807, 2.05) is 113 Å². The molecule has 0 fully saturated rings. The quantitative estimate of drug-likeness (QED) is 0.128. The molecule has 6 aromatic rings. The van der Waals surface area contributed by atoms with Gasteiger partial charge in [-0.05, 0) is 145 Å². The monoisotopic (exact) mass is 1110 g/mol. The molecule has 0 atom stereocenters. The first-order valence-electron chi connectivity index (χ1n) is 17.1. The molecular formula is C42H40Br4N4O4S4. The summed E-state index contributed by atoms with van der Waals surface area (Å²) in [5, 5.41) is 25.7. The third-order valence-electron chi connectivity index (χ3n) is 7.82. The van der Waals surface area contributed by atoms with Crippen molar-refractivity contribution in [2.24, 2.45) is 0 Å². The number of hydrogen-bond donors (Lipinski definition) is 0. The molecule has 4 aromatic carbocycles. The molecule has 0 saturated heterocycles. The summed E-state index contributed by atoms with van der Waals surface area (Å²) in [6.07, 6.45) is 8.00. The predicted molar refractivity (Wildman–Crippen MR) is 256 cm³/mol.